The number of aromatic nitrogens is 2. The molecule has 1 aliphatic rings. The standard InChI is InChI=1S/C20H20FN5/c1-13-10-16(26(25-13)15-8-6-14(21)7-9-15)11-20(23)17-4-2-3-5-18(17)24-12-19(20)22/h2-10,12,19H,11,22-23H2,1H3. The molecule has 0 bridgehead atoms. The number of halogens is 1. The molecular formula is C20H20FN5. The van der Waals surface area contributed by atoms with Crippen molar-refractivity contribution in [2.24, 2.45) is 16.5 Å². The normalized spacial score (nSPS) is 21.6. The highest BCUT2D eigenvalue weighted by Crippen LogP contribution is 2.36. The van der Waals surface area contributed by atoms with Crippen molar-refractivity contribution in [2.45, 2.75) is 24.9 Å². The molecular weight excluding hydrogens is 329 g/mol. The predicted octanol–water partition coefficient (Wildman–Crippen LogP) is 2.76. The summed E-state index contributed by atoms with van der Waals surface area (Å²) >= 11 is 0. The van der Waals surface area contributed by atoms with Gasteiger partial charge in [0.1, 0.15) is 5.82 Å². The molecule has 26 heavy (non-hydrogen) atoms. The van der Waals surface area contributed by atoms with E-state index in [1.165, 1.54) is 12.1 Å². The van der Waals surface area contributed by atoms with Crippen LogP contribution in [0.3, 0.4) is 0 Å². The summed E-state index contributed by atoms with van der Waals surface area (Å²) in [6, 6.07) is 15.6. The third-order valence-electron chi connectivity index (χ3n) is 4.82. The van der Waals surface area contributed by atoms with Crippen molar-refractivity contribution in [2.75, 3.05) is 0 Å². The van der Waals surface area contributed by atoms with Gasteiger partial charge in [0.25, 0.3) is 0 Å². The first-order valence-electron chi connectivity index (χ1n) is 8.47. The number of para-hydroxylation sites is 1. The Balaban J connectivity index is 1.78. The van der Waals surface area contributed by atoms with E-state index in [2.05, 4.69) is 10.1 Å². The maximum absolute atomic E-state index is 13.3. The molecule has 5 nitrogen and oxygen atoms in total. The molecule has 1 aromatic heterocycles. The topological polar surface area (TPSA) is 82.2 Å². The third-order valence-corrected chi connectivity index (χ3v) is 4.82. The van der Waals surface area contributed by atoms with Crippen LogP contribution in [-0.4, -0.2) is 22.0 Å². The number of hydrogen-bond donors (Lipinski definition) is 2. The lowest BCUT2D eigenvalue weighted by molar-refractivity contribution is 0.402. The summed E-state index contributed by atoms with van der Waals surface area (Å²) in [5, 5.41) is 4.55. The van der Waals surface area contributed by atoms with Crippen molar-refractivity contribution < 1.29 is 4.39 Å². The number of nitrogens with two attached hydrogens (primary N) is 2. The van der Waals surface area contributed by atoms with Crippen LogP contribution < -0.4 is 11.5 Å². The van der Waals surface area contributed by atoms with Gasteiger partial charge >= 0.3 is 0 Å². The number of hydrogen-bond acceptors (Lipinski definition) is 4. The van der Waals surface area contributed by atoms with Crippen LogP contribution in [0.4, 0.5) is 10.1 Å². The number of fused-ring (bicyclic) bond motifs is 1. The van der Waals surface area contributed by atoms with Crippen molar-refractivity contribution >= 4 is 11.9 Å². The molecule has 6 heteroatoms. The fraction of sp³-hybridized carbons (Fsp3) is 0.200. The fourth-order valence-corrected chi connectivity index (χ4v) is 3.45. The first-order chi connectivity index (χ1) is 12.5. The van der Waals surface area contributed by atoms with E-state index in [0.29, 0.717) is 6.42 Å². The molecule has 0 saturated carbocycles. The van der Waals surface area contributed by atoms with Gasteiger partial charge in [-0.2, -0.15) is 5.10 Å². The van der Waals surface area contributed by atoms with Gasteiger partial charge in [0.15, 0.2) is 0 Å². The largest absolute Gasteiger partial charge is 0.321 e. The Morgan fingerprint density at radius 1 is 1.15 bits per heavy atom. The predicted molar refractivity (Wildman–Crippen MR) is 100 cm³/mol. The molecule has 0 saturated heterocycles. The minimum Gasteiger partial charge on any atom is -0.321 e. The van der Waals surface area contributed by atoms with E-state index in [0.717, 1.165) is 28.3 Å². The smallest absolute Gasteiger partial charge is 0.123 e. The van der Waals surface area contributed by atoms with Crippen molar-refractivity contribution in [1.82, 2.24) is 9.78 Å². The second-order valence-electron chi connectivity index (χ2n) is 6.70. The summed E-state index contributed by atoms with van der Waals surface area (Å²) in [6.07, 6.45) is 2.18. The second-order valence-corrected chi connectivity index (χ2v) is 6.70. The molecule has 0 fully saturated rings. The molecule has 4 rings (SSSR count). The van der Waals surface area contributed by atoms with E-state index < -0.39 is 11.6 Å². The second kappa shape index (κ2) is 6.16. The molecule has 132 valence electrons. The van der Waals surface area contributed by atoms with Crippen LogP contribution in [0.5, 0.6) is 0 Å². The molecule has 3 aromatic rings. The number of nitrogens with zero attached hydrogens (tertiary/aromatic N) is 3. The van der Waals surface area contributed by atoms with Crippen LogP contribution in [-0.2, 0) is 12.0 Å². The number of aryl methyl sites for hydroxylation is 1. The van der Waals surface area contributed by atoms with E-state index in [4.69, 9.17) is 11.5 Å². The molecule has 1 aliphatic heterocycles. The zero-order valence-corrected chi connectivity index (χ0v) is 14.4. The van der Waals surface area contributed by atoms with Gasteiger partial charge in [-0.25, -0.2) is 9.07 Å². The molecule has 0 amide bonds. The highest BCUT2D eigenvalue weighted by molar-refractivity contribution is 5.77. The average Bonchev–Trinajstić information content (AvgIpc) is 2.99. The SMILES string of the molecule is Cc1cc(CC2(N)c3ccccc3N=CC2N)n(-c2ccc(F)cc2)n1. The van der Waals surface area contributed by atoms with Gasteiger partial charge in [-0.05, 0) is 48.9 Å². The third kappa shape index (κ3) is 2.73. The molecule has 2 atom stereocenters. The average molecular weight is 349 g/mol. The van der Waals surface area contributed by atoms with Crippen molar-refractivity contribution in [1.29, 1.82) is 0 Å². The van der Waals surface area contributed by atoms with Gasteiger partial charge < -0.3 is 11.5 Å². The molecule has 0 spiro atoms. The Kier molecular flexibility index (Phi) is 3.94. The van der Waals surface area contributed by atoms with E-state index in [9.17, 15) is 4.39 Å². The fourth-order valence-electron chi connectivity index (χ4n) is 3.45. The Morgan fingerprint density at radius 2 is 1.88 bits per heavy atom. The van der Waals surface area contributed by atoms with Crippen molar-refractivity contribution in [3.05, 3.63) is 77.4 Å². The molecule has 2 aromatic carbocycles. The summed E-state index contributed by atoms with van der Waals surface area (Å²) in [5.41, 5.74) is 16.7. The minimum absolute atomic E-state index is 0.283. The molecule has 2 heterocycles. The van der Waals surface area contributed by atoms with Gasteiger partial charge in [-0.3, -0.25) is 4.99 Å². The molecule has 4 N–H and O–H groups in total. The summed E-state index contributed by atoms with van der Waals surface area (Å²) < 4.78 is 15.1. The van der Waals surface area contributed by atoms with Gasteiger partial charge in [0.05, 0.1) is 28.6 Å². The van der Waals surface area contributed by atoms with Gasteiger partial charge in [-0.1, -0.05) is 18.2 Å². The van der Waals surface area contributed by atoms with Crippen LogP contribution in [0.1, 0.15) is 17.0 Å². The maximum Gasteiger partial charge on any atom is 0.123 e. The van der Waals surface area contributed by atoms with Gasteiger partial charge in [0, 0.05) is 18.3 Å². The van der Waals surface area contributed by atoms with Gasteiger partial charge in [0.2, 0.25) is 0 Å². The summed E-state index contributed by atoms with van der Waals surface area (Å²) in [5.74, 6) is -0.283. The van der Waals surface area contributed by atoms with E-state index >= 15 is 0 Å². The molecule has 0 aliphatic carbocycles. The van der Waals surface area contributed by atoms with Gasteiger partial charge in [-0.15, -0.1) is 0 Å². The lowest BCUT2D eigenvalue weighted by Gasteiger charge is -2.37. The van der Waals surface area contributed by atoms with E-state index in [1.54, 1.807) is 23.0 Å². The summed E-state index contributed by atoms with van der Waals surface area (Å²) in [6.45, 7) is 1.92. The van der Waals surface area contributed by atoms with Crippen LogP contribution >= 0.6 is 0 Å². The Labute approximate surface area is 151 Å². The van der Waals surface area contributed by atoms with E-state index in [1.807, 2.05) is 37.3 Å². The first-order valence-corrected chi connectivity index (χ1v) is 8.47. The van der Waals surface area contributed by atoms with Crippen LogP contribution in [0.25, 0.3) is 5.69 Å². The zero-order chi connectivity index (χ0) is 18.3. The summed E-state index contributed by atoms with van der Waals surface area (Å²) in [7, 11) is 0. The van der Waals surface area contributed by atoms with Crippen LogP contribution in [0.15, 0.2) is 59.6 Å². The van der Waals surface area contributed by atoms with Crippen LogP contribution in [0.2, 0.25) is 0 Å². The number of aliphatic imine (C=N–C) groups is 1. The first kappa shape index (κ1) is 16.6. The van der Waals surface area contributed by atoms with Crippen molar-refractivity contribution in [3.63, 3.8) is 0 Å². The molecule has 0 radical (unpaired) electrons. The monoisotopic (exact) mass is 349 g/mol. The van der Waals surface area contributed by atoms with Crippen LogP contribution in [0, 0.1) is 12.7 Å². The molecule has 2 unspecified atom stereocenters. The zero-order valence-electron chi connectivity index (χ0n) is 14.4. The Bertz CT molecular complexity index is 976. The number of benzene rings is 2. The summed E-state index contributed by atoms with van der Waals surface area (Å²) in [4.78, 5) is 4.41. The lowest BCUT2D eigenvalue weighted by Crippen LogP contribution is -2.56. The minimum atomic E-state index is -0.803. The van der Waals surface area contributed by atoms with E-state index in [-0.39, 0.29) is 5.82 Å². The van der Waals surface area contributed by atoms with Crippen molar-refractivity contribution in [3.8, 4) is 5.69 Å². The highest BCUT2D eigenvalue weighted by atomic mass is 19.1. The Hall–Kier alpha value is -2.83. The number of rotatable bonds is 3. The highest BCUT2D eigenvalue weighted by Gasteiger charge is 2.39. The lowest BCUT2D eigenvalue weighted by atomic mass is 9.78. The maximum atomic E-state index is 13.3. The quantitative estimate of drug-likeness (QED) is 0.763. The Morgan fingerprint density at radius 3 is 2.65 bits per heavy atom.